The van der Waals surface area contributed by atoms with E-state index in [-0.39, 0.29) is 5.82 Å². The van der Waals surface area contributed by atoms with Gasteiger partial charge in [0, 0.05) is 30.8 Å². The third-order valence-electron chi connectivity index (χ3n) is 5.36. The van der Waals surface area contributed by atoms with E-state index in [2.05, 4.69) is 24.6 Å². The van der Waals surface area contributed by atoms with Crippen LogP contribution in [-0.2, 0) is 18.0 Å². The minimum Gasteiger partial charge on any atom is -0.369 e. The Labute approximate surface area is 156 Å². The van der Waals surface area contributed by atoms with Crippen molar-refractivity contribution < 1.29 is 9.13 Å². The van der Waals surface area contributed by atoms with E-state index in [0.717, 1.165) is 54.6 Å². The number of hydrogen-bond acceptors (Lipinski definition) is 5. The predicted octanol–water partition coefficient (Wildman–Crippen LogP) is 3.22. The fourth-order valence-electron chi connectivity index (χ4n) is 4.00. The van der Waals surface area contributed by atoms with Crippen molar-refractivity contribution in [3.8, 4) is 5.69 Å². The molecule has 138 valence electrons. The highest BCUT2D eigenvalue weighted by molar-refractivity contribution is 5.44. The molecule has 7 heteroatoms. The van der Waals surface area contributed by atoms with Crippen molar-refractivity contribution in [2.24, 2.45) is 0 Å². The molecule has 1 aromatic carbocycles. The van der Waals surface area contributed by atoms with Crippen LogP contribution in [0.5, 0.6) is 0 Å². The van der Waals surface area contributed by atoms with Crippen molar-refractivity contribution in [2.75, 3.05) is 18.0 Å². The van der Waals surface area contributed by atoms with E-state index in [1.54, 1.807) is 6.07 Å². The number of nitrogens with zero attached hydrogens (tertiary/aromatic N) is 5. The molecule has 2 aromatic heterocycles. The quantitative estimate of drug-likeness (QED) is 0.698. The second-order valence-electron chi connectivity index (χ2n) is 7.02. The van der Waals surface area contributed by atoms with Crippen molar-refractivity contribution >= 4 is 5.82 Å². The van der Waals surface area contributed by atoms with E-state index in [0.29, 0.717) is 19.1 Å². The summed E-state index contributed by atoms with van der Waals surface area (Å²) < 4.78 is 21.4. The van der Waals surface area contributed by atoms with Gasteiger partial charge in [0.1, 0.15) is 24.1 Å². The maximum atomic E-state index is 13.7. The molecule has 0 atom stereocenters. The van der Waals surface area contributed by atoms with Gasteiger partial charge < -0.3 is 9.64 Å². The third-order valence-corrected chi connectivity index (χ3v) is 5.36. The summed E-state index contributed by atoms with van der Waals surface area (Å²) in [6.45, 7) is 2.62. The molecule has 0 N–H and O–H groups in total. The van der Waals surface area contributed by atoms with E-state index in [4.69, 9.17) is 4.74 Å². The number of anilines is 1. The van der Waals surface area contributed by atoms with Crippen molar-refractivity contribution in [3.63, 3.8) is 0 Å². The summed E-state index contributed by atoms with van der Waals surface area (Å²) in [5.41, 5.74) is 1.76. The normalized spacial score (nSPS) is 17.3. The zero-order chi connectivity index (χ0) is 18.2. The lowest BCUT2D eigenvalue weighted by Crippen LogP contribution is -2.34. The van der Waals surface area contributed by atoms with Gasteiger partial charge in [-0.15, -0.1) is 10.2 Å². The van der Waals surface area contributed by atoms with Gasteiger partial charge in [-0.2, -0.15) is 0 Å². The minimum atomic E-state index is -0.251. The fraction of sp³-hybridized carbons (Fsp3) is 0.350. The van der Waals surface area contributed by atoms with Gasteiger partial charge in [-0.3, -0.25) is 4.57 Å². The molecule has 0 saturated carbocycles. The Morgan fingerprint density at radius 3 is 2.74 bits per heavy atom. The third kappa shape index (κ3) is 2.98. The Morgan fingerprint density at radius 2 is 1.93 bits per heavy atom. The van der Waals surface area contributed by atoms with Crippen molar-refractivity contribution in [1.29, 1.82) is 0 Å². The highest BCUT2D eigenvalue weighted by atomic mass is 19.1. The van der Waals surface area contributed by atoms with Crippen LogP contribution >= 0.6 is 0 Å². The lowest BCUT2D eigenvalue weighted by molar-refractivity contribution is 0.105. The first-order chi connectivity index (χ1) is 13.3. The monoisotopic (exact) mass is 365 g/mol. The summed E-state index contributed by atoms with van der Waals surface area (Å²) in [6.07, 6.45) is 3.79. The van der Waals surface area contributed by atoms with Crippen LogP contribution in [0.1, 0.15) is 36.0 Å². The number of hydrogen-bond donors (Lipinski definition) is 0. The van der Waals surface area contributed by atoms with Crippen LogP contribution < -0.4 is 4.90 Å². The summed E-state index contributed by atoms with van der Waals surface area (Å²) in [5.74, 6) is 2.80. The van der Waals surface area contributed by atoms with E-state index >= 15 is 0 Å². The first kappa shape index (κ1) is 16.4. The molecule has 2 aliphatic rings. The smallest absolute Gasteiger partial charge is 0.163 e. The van der Waals surface area contributed by atoms with Gasteiger partial charge in [0.25, 0.3) is 0 Å². The maximum Gasteiger partial charge on any atom is 0.163 e. The van der Waals surface area contributed by atoms with Crippen LogP contribution in [0.25, 0.3) is 5.69 Å². The van der Waals surface area contributed by atoms with Gasteiger partial charge >= 0.3 is 0 Å². The molecule has 4 heterocycles. The Bertz CT molecular complexity index is 950. The zero-order valence-corrected chi connectivity index (χ0v) is 14.9. The van der Waals surface area contributed by atoms with Gasteiger partial charge in [0.05, 0.1) is 12.3 Å². The van der Waals surface area contributed by atoms with E-state index in [1.165, 1.54) is 12.1 Å². The Hall–Kier alpha value is -2.80. The van der Waals surface area contributed by atoms with Crippen LogP contribution in [0.2, 0.25) is 0 Å². The molecular formula is C20H20FN5O. The van der Waals surface area contributed by atoms with Gasteiger partial charge in [-0.05, 0) is 43.2 Å². The fourth-order valence-corrected chi connectivity index (χ4v) is 4.00. The summed E-state index contributed by atoms with van der Waals surface area (Å²) >= 11 is 0. The lowest BCUT2D eigenvalue weighted by Gasteiger charge is -2.32. The number of piperidine rings is 1. The number of pyridine rings is 1. The maximum absolute atomic E-state index is 13.7. The molecule has 6 nitrogen and oxygen atoms in total. The van der Waals surface area contributed by atoms with Crippen molar-refractivity contribution in [2.45, 2.75) is 32.0 Å². The second-order valence-corrected chi connectivity index (χ2v) is 7.02. The molecular weight excluding hydrogens is 345 g/mol. The van der Waals surface area contributed by atoms with E-state index in [1.807, 2.05) is 24.4 Å². The number of fused-ring (bicyclic) bond motifs is 3. The summed E-state index contributed by atoms with van der Waals surface area (Å²) in [5, 5.41) is 8.85. The molecule has 2 aliphatic heterocycles. The van der Waals surface area contributed by atoms with Crippen LogP contribution in [0, 0.1) is 5.82 Å². The summed E-state index contributed by atoms with van der Waals surface area (Å²) in [7, 11) is 0. The first-order valence-corrected chi connectivity index (χ1v) is 9.26. The largest absolute Gasteiger partial charge is 0.369 e. The van der Waals surface area contributed by atoms with Crippen molar-refractivity contribution in [1.82, 2.24) is 19.7 Å². The number of halogens is 1. The molecule has 0 unspecified atom stereocenters. The Balaban J connectivity index is 1.44. The second kappa shape index (κ2) is 6.74. The van der Waals surface area contributed by atoms with Gasteiger partial charge in [0.2, 0.25) is 0 Å². The zero-order valence-electron chi connectivity index (χ0n) is 14.9. The lowest BCUT2D eigenvalue weighted by atomic mass is 9.95. The molecule has 0 radical (unpaired) electrons. The Kier molecular flexibility index (Phi) is 4.09. The first-order valence-electron chi connectivity index (χ1n) is 9.26. The number of aromatic nitrogens is 4. The standard InChI is InChI=1S/C20H20FN5O/c21-16-4-5-17-15(11-16)12-27-13-19-23-24-20(26(17)19)14-6-9-25(10-7-14)18-3-1-2-8-22-18/h1-5,8,11,14H,6-7,9-10,12-13H2. The highest BCUT2D eigenvalue weighted by Crippen LogP contribution is 2.33. The van der Waals surface area contributed by atoms with E-state index < -0.39 is 0 Å². The van der Waals surface area contributed by atoms with Gasteiger partial charge in [-0.25, -0.2) is 9.37 Å². The molecule has 5 rings (SSSR count). The predicted molar refractivity (Wildman–Crippen MR) is 98.2 cm³/mol. The van der Waals surface area contributed by atoms with Gasteiger partial charge in [0.15, 0.2) is 5.82 Å². The molecule has 1 saturated heterocycles. The summed E-state index contributed by atoms with van der Waals surface area (Å²) in [6, 6.07) is 10.8. The van der Waals surface area contributed by atoms with Gasteiger partial charge in [-0.1, -0.05) is 6.07 Å². The molecule has 0 amide bonds. The average Bonchev–Trinajstić information content (AvgIpc) is 3.04. The van der Waals surface area contributed by atoms with Crippen LogP contribution in [0.15, 0.2) is 42.6 Å². The summed E-state index contributed by atoms with van der Waals surface area (Å²) in [4.78, 5) is 6.76. The molecule has 27 heavy (non-hydrogen) atoms. The molecule has 0 spiro atoms. The topological polar surface area (TPSA) is 56.1 Å². The minimum absolute atomic E-state index is 0.251. The van der Waals surface area contributed by atoms with Crippen LogP contribution in [-0.4, -0.2) is 32.8 Å². The van der Waals surface area contributed by atoms with E-state index in [9.17, 15) is 4.39 Å². The SMILES string of the molecule is Fc1ccc2c(c1)COCc1nnc(C3CCN(c4ccccn4)CC3)n1-2. The molecule has 0 aliphatic carbocycles. The average molecular weight is 365 g/mol. The number of ether oxygens (including phenoxy) is 1. The Morgan fingerprint density at radius 1 is 1.04 bits per heavy atom. The number of rotatable bonds is 2. The molecule has 3 aromatic rings. The van der Waals surface area contributed by atoms with Crippen molar-refractivity contribution in [3.05, 3.63) is 65.6 Å². The molecule has 0 bridgehead atoms. The molecule has 1 fully saturated rings. The van der Waals surface area contributed by atoms with Crippen LogP contribution in [0.4, 0.5) is 10.2 Å². The highest BCUT2D eigenvalue weighted by Gasteiger charge is 2.29. The number of benzene rings is 1. The van der Waals surface area contributed by atoms with Crippen LogP contribution in [0.3, 0.4) is 0 Å².